The summed E-state index contributed by atoms with van der Waals surface area (Å²) in [7, 11) is 0. The topological polar surface area (TPSA) is 32.3 Å². The summed E-state index contributed by atoms with van der Waals surface area (Å²) < 4.78 is 13.1. The predicted molar refractivity (Wildman–Crippen MR) is 74.8 cm³/mol. The van der Waals surface area contributed by atoms with Gasteiger partial charge in [-0.05, 0) is 36.8 Å². The summed E-state index contributed by atoms with van der Waals surface area (Å²) in [6.45, 7) is 2.34. The van der Waals surface area contributed by atoms with E-state index in [9.17, 15) is 9.50 Å². The fourth-order valence-corrected chi connectivity index (χ4v) is 2.19. The molecule has 2 N–H and O–H groups in total. The molecule has 2 rings (SSSR count). The van der Waals surface area contributed by atoms with Crippen LogP contribution in [0, 0.1) is 5.82 Å². The standard InChI is InChI=1S/C15H15ClFNO/c1-10(13-4-2-3-5-14(13)16)18-9-11-8-12(17)6-7-15(11)19/h2-8,10,18-19H,9H2,1H3/t10-/m1/s1. The third-order valence-electron chi connectivity index (χ3n) is 3.01. The van der Waals surface area contributed by atoms with Crippen molar-refractivity contribution in [2.24, 2.45) is 0 Å². The molecule has 4 heteroatoms. The van der Waals surface area contributed by atoms with Crippen molar-refractivity contribution in [2.45, 2.75) is 19.5 Å². The van der Waals surface area contributed by atoms with Gasteiger partial charge < -0.3 is 10.4 Å². The molecular weight excluding hydrogens is 265 g/mol. The highest BCUT2D eigenvalue weighted by molar-refractivity contribution is 6.31. The zero-order chi connectivity index (χ0) is 13.8. The lowest BCUT2D eigenvalue weighted by molar-refractivity contribution is 0.457. The van der Waals surface area contributed by atoms with Crippen LogP contribution in [0.3, 0.4) is 0 Å². The highest BCUT2D eigenvalue weighted by Crippen LogP contribution is 2.23. The molecule has 0 aromatic heterocycles. The zero-order valence-corrected chi connectivity index (χ0v) is 11.3. The van der Waals surface area contributed by atoms with Crippen LogP contribution in [0.4, 0.5) is 4.39 Å². The molecular formula is C15H15ClFNO. The average molecular weight is 280 g/mol. The Morgan fingerprint density at radius 3 is 2.74 bits per heavy atom. The molecule has 2 aromatic rings. The Hall–Kier alpha value is -1.58. The van der Waals surface area contributed by atoms with Crippen LogP contribution < -0.4 is 5.32 Å². The van der Waals surface area contributed by atoms with Crippen molar-refractivity contribution in [3.8, 4) is 5.75 Å². The number of aromatic hydroxyl groups is 1. The highest BCUT2D eigenvalue weighted by Gasteiger charge is 2.10. The number of rotatable bonds is 4. The van der Waals surface area contributed by atoms with Crippen LogP contribution in [-0.2, 0) is 6.54 Å². The second-order valence-corrected chi connectivity index (χ2v) is 4.80. The number of halogens is 2. The van der Waals surface area contributed by atoms with Gasteiger partial charge in [-0.2, -0.15) is 0 Å². The number of nitrogens with one attached hydrogen (secondary N) is 1. The number of hydrogen-bond acceptors (Lipinski definition) is 2. The molecule has 0 saturated carbocycles. The summed E-state index contributed by atoms with van der Waals surface area (Å²) >= 11 is 6.11. The summed E-state index contributed by atoms with van der Waals surface area (Å²) in [5.41, 5.74) is 1.50. The van der Waals surface area contributed by atoms with Gasteiger partial charge in [0.1, 0.15) is 11.6 Å². The molecule has 0 amide bonds. The van der Waals surface area contributed by atoms with E-state index in [1.807, 2.05) is 31.2 Å². The number of phenols is 1. The van der Waals surface area contributed by atoms with E-state index in [2.05, 4.69) is 5.32 Å². The lowest BCUT2D eigenvalue weighted by Crippen LogP contribution is -2.18. The van der Waals surface area contributed by atoms with Crippen LogP contribution in [0.25, 0.3) is 0 Å². The van der Waals surface area contributed by atoms with Crippen LogP contribution in [0.2, 0.25) is 5.02 Å². The van der Waals surface area contributed by atoms with Crippen LogP contribution in [-0.4, -0.2) is 5.11 Å². The maximum Gasteiger partial charge on any atom is 0.123 e. The smallest absolute Gasteiger partial charge is 0.123 e. The Morgan fingerprint density at radius 1 is 1.26 bits per heavy atom. The van der Waals surface area contributed by atoms with Crippen LogP contribution >= 0.6 is 11.6 Å². The third kappa shape index (κ3) is 3.46. The van der Waals surface area contributed by atoms with Gasteiger partial charge in [-0.1, -0.05) is 29.8 Å². The highest BCUT2D eigenvalue weighted by atomic mass is 35.5. The first-order valence-corrected chi connectivity index (χ1v) is 6.41. The van der Waals surface area contributed by atoms with Gasteiger partial charge in [0.2, 0.25) is 0 Å². The molecule has 1 atom stereocenters. The van der Waals surface area contributed by atoms with E-state index in [1.165, 1.54) is 18.2 Å². The first kappa shape index (κ1) is 13.8. The first-order chi connectivity index (χ1) is 9.08. The second kappa shape index (κ2) is 6.04. The van der Waals surface area contributed by atoms with E-state index in [0.717, 1.165) is 5.56 Å². The van der Waals surface area contributed by atoms with Gasteiger partial charge in [0.25, 0.3) is 0 Å². The van der Waals surface area contributed by atoms with Gasteiger partial charge in [0.05, 0.1) is 0 Å². The maximum atomic E-state index is 13.1. The molecule has 0 saturated heterocycles. The molecule has 0 aliphatic carbocycles. The molecule has 0 heterocycles. The lowest BCUT2D eigenvalue weighted by Gasteiger charge is -2.16. The van der Waals surface area contributed by atoms with E-state index < -0.39 is 0 Å². The summed E-state index contributed by atoms with van der Waals surface area (Å²) in [4.78, 5) is 0. The molecule has 0 aliphatic rings. The van der Waals surface area contributed by atoms with Crippen LogP contribution in [0.1, 0.15) is 24.1 Å². The SMILES string of the molecule is C[C@@H](NCc1cc(F)ccc1O)c1ccccc1Cl. The Morgan fingerprint density at radius 2 is 2.00 bits per heavy atom. The van der Waals surface area contributed by atoms with Gasteiger partial charge in [0.15, 0.2) is 0 Å². The molecule has 100 valence electrons. The fraction of sp³-hybridized carbons (Fsp3) is 0.200. The molecule has 0 radical (unpaired) electrons. The summed E-state index contributed by atoms with van der Waals surface area (Å²) in [5.74, 6) is -0.278. The first-order valence-electron chi connectivity index (χ1n) is 6.03. The van der Waals surface area contributed by atoms with Gasteiger partial charge in [0, 0.05) is 23.2 Å². The summed E-state index contributed by atoms with van der Waals surface area (Å²) in [6.07, 6.45) is 0. The van der Waals surface area contributed by atoms with Crippen molar-refractivity contribution in [3.05, 3.63) is 64.4 Å². The van der Waals surface area contributed by atoms with E-state index in [4.69, 9.17) is 11.6 Å². The molecule has 19 heavy (non-hydrogen) atoms. The second-order valence-electron chi connectivity index (χ2n) is 4.40. The third-order valence-corrected chi connectivity index (χ3v) is 3.36. The van der Waals surface area contributed by atoms with Crippen molar-refractivity contribution in [1.29, 1.82) is 0 Å². The Labute approximate surface area is 116 Å². The number of benzene rings is 2. The minimum absolute atomic E-state index is 0.0105. The van der Waals surface area contributed by atoms with E-state index in [1.54, 1.807) is 0 Å². The Balaban J connectivity index is 2.06. The van der Waals surface area contributed by atoms with Gasteiger partial charge in [-0.3, -0.25) is 0 Å². The normalized spacial score (nSPS) is 12.4. The van der Waals surface area contributed by atoms with E-state index in [0.29, 0.717) is 17.1 Å². The van der Waals surface area contributed by atoms with Crippen molar-refractivity contribution in [3.63, 3.8) is 0 Å². The lowest BCUT2D eigenvalue weighted by atomic mass is 10.1. The van der Waals surface area contributed by atoms with E-state index >= 15 is 0 Å². The molecule has 0 fully saturated rings. The molecule has 0 bridgehead atoms. The summed E-state index contributed by atoms with van der Waals surface area (Å²) in [6, 6.07) is 11.5. The largest absolute Gasteiger partial charge is 0.508 e. The fourth-order valence-electron chi connectivity index (χ4n) is 1.89. The predicted octanol–water partition coefficient (Wildman–Crippen LogP) is 4.04. The van der Waals surface area contributed by atoms with Crippen LogP contribution in [0.15, 0.2) is 42.5 Å². The Bertz CT molecular complexity index is 574. The average Bonchev–Trinajstić information content (AvgIpc) is 2.40. The van der Waals surface area contributed by atoms with Gasteiger partial charge >= 0.3 is 0 Å². The zero-order valence-electron chi connectivity index (χ0n) is 10.5. The molecule has 2 nitrogen and oxygen atoms in total. The van der Waals surface area contributed by atoms with E-state index in [-0.39, 0.29) is 17.6 Å². The minimum atomic E-state index is -0.361. The molecule has 0 unspecified atom stereocenters. The van der Waals surface area contributed by atoms with Gasteiger partial charge in [-0.15, -0.1) is 0 Å². The molecule has 2 aromatic carbocycles. The van der Waals surface area contributed by atoms with Crippen molar-refractivity contribution in [1.82, 2.24) is 5.32 Å². The monoisotopic (exact) mass is 279 g/mol. The van der Waals surface area contributed by atoms with Gasteiger partial charge in [-0.25, -0.2) is 4.39 Å². The quantitative estimate of drug-likeness (QED) is 0.885. The minimum Gasteiger partial charge on any atom is -0.508 e. The number of phenolic OH excluding ortho intramolecular Hbond substituents is 1. The van der Waals surface area contributed by atoms with Crippen molar-refractivity contribution in [2.75, 3.05) is 0 Å². The maximum absolute atomic E-state index is 13.1. The number of hydrogen-bond donors (Lipinski definition) is 2. The van der Waals surface area contributed by atoms with Crippen LogP contribution in [0.5, 0.6) is 5.75 Å². The summed E-state index contributed by atoms with van der Waals surface area (Å²) in [5, 5.41) is 13.5. The molecule has 0 spiro atoms. The van der Waals surface area contributed by atoms with Crippen molar-refractivity contribution >= 4 is 11.6 Å². The molecule has 0 aliphatic heterocycles. The van der Waals surface area contributed by atoms with Crippen molar-refractivity contribution < 1.29 is 9.50 Å². The Kier molecular flexibility index (Phi) is 4.40.